The minimum atomic E-state index is -5.10. The number of carboxylic acids is 1. The third kappa shape index (κ3) is 6.73. The van der Waals surface area contributed by atoms with Gasteiger partial charge in [0.25, 0.3) is 5.91 Å². The number of ether oxygens (including phenoxy) is 1. The molecule has 12 heteroatoms. The lowest BCUT2D eigenvalue weighted by atomic mass is 9.96. The van der Waals surface area contributed by atoms with E-state index in [1.54, 1.807) is 0 Å². The highest BCUT2D eigenvalue weighted by atomic mass is 32.2. The second kappa shape index (κ2) is 11.2. The zero-order valence-electron chi connectivity index (χ0n) is 20.3. The molecule has 2 heterocycles. The molecule has 4 rings (SSSR count). The first-order valence-electron chi connectivity index (χ1n) is 12.0. The topological polar surface area (TPSA) is 113 Å². The van der Waals surface area contributed by atoms with Crippen LogP contribution in [0.25, 0.3) is 5.57 Å². The van der Waals surface area contributed by atoms with Crippen LogP contribution in [-0.4, -0.2) is 61.7 Å². The summed E-state index contributed by atoms with van der Waals surface area (Å²) in [6.07, 6.45) is -2.62. The van der Waals surface area contributed by atoms with Gasteiger partial charge < -0.3 is 14.7 Å². The molecule has 1 saturated heterocycles. The van der Waals surface area contributed by atoms with E-state index in [4.69, 9.17) is 5.11 Å². The lowest BCUT2D eigenvalue weighted by Crippen LogP contribution is -2.40. The average molecular weight is 553 g/mol. The lowest BCUT2D eigenvalue weighted by molar-refractivity contribution is -0.274. The van der Waals surface area contributed by atoms with Crippen molar-refractivity contribution in [2.45, 2.75) is 36.8 Å². The lowest BCUT2D eigenvalue weighted by Gasteiger charge is -2.30. The number of benzene rings is 2. The Morgan fingerprint density at radius 3 is 2.39 bits per heavy atom. The molecule has 1 amide bonds. The Morgan fingerprint density at radius 1 is 1.08 bits per heavy atom. The summed E-state index contributed by atoms with van der Waals surface area (Å²) >= 11 is 0. The maximum Gasteiger partial charge on any atom is 0.573 e. The normalized spacial score (nSPS) is 19.1. The molecule has 0 spiro atoms. The molecule has 0 aromatic heterocycles. The summed E-state index contributed by atoms with van der Waals surface area (Å²) in [5.41, 5.74) is 1.35. The van der Waals surface area contributed by atoms with Crippen molar-refractivity contribution in [2.75, 3.05) is 19.6 Å². The first-order chi connectivity index (χ1) is 17.9. The first kappa shape index (κ1) is 27.6. The Kier molecular flexibility index (Phi) is 8.12. The van der Waals surface area contributed by atoms with Crippen LogP contribution in [0.5, 0.6) is 5.75 Å². The van der Waals surface area contributed by atoms with Gasteiger partial charge in [-0.15, -0.1) is 13.2 Å². The monoisotopic (exact) mass is 552 g/mol. The molecule has 204 valence electrons. The quantitative estimate of drug-likeness (QED) is 0.537. The maximum atomic E-state index is 13.3. The fraction of sp³-hybridized carbons (Fsp3) is 0.385. The number of hydrogen-bond acceptors (Lipinski definition) is 6. The molecule has 0 radical (unpaired) electrons. The van der Waals surface area contributed by atoms with Crippen molar-refractivity contribution in [3.63, 3.8) is 0 Å². The number of carbonyl (C=O) groups excluding carboxylic acids is 1. The molecular formula is C26H27F3N2O6S. The van der Waals surface area contributed by atoms with Gasteiger partial charge in [-0.2, -0.15) is 0 Å². The van der Waals surface area contributed by atoms with E-state index in [0.717, 1.165) is 23.3 Å². The summed E-state index contributed by atoms with van der Waals surface area (Å²) in [4.78, 5) is 25.4. The Hall–Kier alpha value is -3.38. The summed E-state index contributed by atoms with van der Waals surface area (Å²) in [6, 6.07) is 12.5. The third-order valence-electron chi connectivity index (χ3n) is 6.71. The van der Waals surface area contributed by atoms with Crippen molar-refractivity contribution < 1.29 is 41.0 Å². The van der Waals surface area contributed by atoms with Gasteiger partial charge in [0.1, 0.15) is 11.1 Å². The van der Waals surface area contributed by atoms with Crippen LogP contribution in [0.15, 0.2) is 54.6 Å². The van der Waals surface area contributed by atoms with Crippen LogP contribution in [0.3, 0.4) is 0 Å². The summed E-state index contributed by atoms with van der Waals surface area (Å²) in [5.74, 6) is -3.61. The number of nitrogens with zero attached hydrogens (tertiary/aromatic N) is 1. The molecule has 1 unspecified atom stereocenters. The number of nitrogens with one attached hydrogen (secondary N) is 1. The summed E-state index contributed by atoms with van der Waals surface area (Å²) in [5, 5.41) is 11.0. The standard InChI is InChI=1S/C26H27F3N2O6S/c27-26(28,29)37-22-14-20(24(32)31-12-9-18(10-13-31)25(33)34)6-7-21(22)16-38(35,36)23-15-19(8-11-30-23)17-4-2-1-3-5-17/h1-8,14,18,23,30H,9-13,15-16H2,(H,33,34). The molecule has 2 N–H and O–H groups in total. The minimum absolute atomic E-state index is 0.107. The van der Waals surface area contributed by atoms with Crippen molar-refractivity contribution in [1.29, 1.82) is 0 Å². The van der Waals surface area contributed by atoms with E-state index in [0.29, 0.717) is 0 Å². The van der Waals surface area contributed by atoms with Gasteiger partial charge in [-0.25, -0.2) is 8.42 Å². The maximum absolute atomic E-state index is 13.3. The van der Waals surface area contributed by atoms with E-state index in [-0.39, 0.29) is 50.0 Å². The number of piperidine rings is 1. The van der Waals surface area contributed by atoms with Crippen LogP contribution in [-0.2, 0) is 20.4 Å². The molecule has 2 aliphatic heterocycles. The van der Waals surface area contributed by atoms with Crippen molar-refractivity contribution in [3.8, 4) is 5.75 Å². The van der Waals surface area contributed by atoms with Gasteiger partial charge in [0.05, 0.1) is 11.7 Å². The number of alkyl halides is 3. The molecule has 2 aromatic rings. The second-order valence-electron chi connectivity index (χ2n) is 9.28. The van der Waals surface area contributed by atoms with E-state index >= 15 is 0 Å². The van der Waals surface area contributed by atoms with Gasteiger partial charge in [-0.1, -0.05) is 42.5 Å². The number of sulfone groups is 1. The van der Waals surface area contributed by atoms with Gasteiger partial charge >= 0.3 is 12.3 Å². The fourth-order valence-corrected chi connectivity index (χ4v) is 6.32. The highest BCUT2D eigenvalue weighted by molar-refractivity contribution is 7.91. The van der Waals surface area contributed by atoms with Crippen molar-refractivity contribution in [3.05, 3.63) is 71.3 Å². The van der Waals surface area contributed by atoms with Gasteiger partial charge in [0.15, 0.2) is 9.84 Å². The highest BCUT2D eigenvalue weighted by Gasteiger charge is 2.35. The number of halogens is 3. The fourth-order valence-electron chi connectivity index (χ4n) is 4.67. The number of likely N-dealkylation sites (tertiary alicyclic amines) is 1. The number of rotatable bonds is 7. The molecule has 1 fully saturated rings. The van der Waals surface area contributed by atoms with Crippen LogP contribution in [0.4, 0.5) is 13.2 Å². The molecule has 0 saturated carbocycles. The Balaban J connectivity index is 1.54. The number of carbonyl (C=O) groups is 2. The minimum Gasteiger partial charge on any atom is -0.481 e. The van der Waals surface area contributed by atoms with E-state index < -0.39 is 50.9 Å². The van der Waals surface area contributed by atoms with Gasteiger partial charge in [-0.05, 0) is 36.1 Å². The predicted molar refractivity (Wildman–Crippen MR) is 133 cm³/mol. The van der Waals surface area contributed by atoms with Crippen LogP contribution < -0.4 is 10.1 Å². The number of aliphatic carboxylic acids is 1. The van der Waals surface area contributed by atoms with Crippen molar-refractivity contribution >= 4 is 27.3 Å². The van der Waals surface area contributed by atoms with Gasteiger partial charge in [0, 0.05) is 37.2 Å². The van der Waals surface area contributed by atoms with Crippen LogP contribution in [0, 0.1) is 5.92 Å². The third-order valence-corrected chi connectivity index (χ3v) is 8.62. The molecule has 2 aliphatic rings. The average Bonchev–Trinajstić information content (AvgIpc) is 2.89. The number of hydrogen-bond donors (Lipinski definition) is 2. The number of carboxylic acid groups (broad SMARTS) is 1. The molecule has 38 heavy (non-hydrogen) atoms. The van der Waals surface area contributed by atoms with Crippen molar-refractivity contribution in [1.82, 2.24) is 10.2 Å². The van der Waals surface area contributed by atoms with Crippen molar-refractivity contribution in [2.24, 2.45) is 5.92 Å². The zero-order valence-corrected chi connectivity index (χ0v) is 21.1. The van der Waals surface area contributed by atoms with Crippen LogP contribution in [0.2, 0.25) is 0 Å². The summed E-state index contributed by atoms with van der Waals surface area (Å²) in [6.45, 7) is 0.573. The second-order valence-corrected chi connectivity index (χ2v) is 11.5. The molecule has 0 bridgehead atoms. The SMILES string of the molecule is O=C(O)C1CCN(C(=O)c2ccc(CS(=O)(=O)C3CC(c4ccccc4)=CCN3)c(OC(F)(F)F)c2)CC1. The van der Waals surface area contributed by atoms with Crippen LogP contribution >= 0.6 is 0 Å². The smallest absolute Gasteiger partial charge is 0.481 e. The van der Waals surface area contributed by atoms with E-state index in [1.807, 2.05) is 36.4 Å². The first-order valence-corrected chi connectivity index (χ1v) is 13.7. The van der Waals surface area contributed by atoms with Crippen LogP contribution in [0.1, 0.15) is 40.7 Å². The van der Waals surface area contributed by atoms with Gasteiger partial charge in [-0.3, -0.25) is 14.9 Å². The Bertz CT molecular complexity index is 1320. The molecular weight excluding hydrogens is 525 g/mol. The summed E-state index contributed by atoms with van der Waals surface area (Å²) < 4.78 is 70.3. The highest BCUT2D eigenvalue weighted by Crippen LogP contribution is 2.32. The molecule has 8 nitrogen and oxygen atoms in total. The van der Waals surface area contributed by atoms with E-state index in [9.17, 15) is 31.2 Å². The predicted octanol–water partition coefficient (Wildman–Crippen LogP) is 3.84. The molecule has 1 atom stereocenters. The van der Waals surface area contributed by atoms with E-state index in [1.165, 1.54) is 11.0 Å². The Morgan fingerprint density at radius 2 is 1.76 bits per heavy atom. The molecule has 0 aliphatic carbocycles. The van der Waals surface area contributed by atoms with Gasteiger partial charge in [0.2, 0.25) is 0 Å². The van der Waals surface area contributed by atoms with E-state index in [2.05, 4.69) is 10.1 Å². The Labute approximate surface area is 218 Å². The molecule has 2 aromatic carbocycles. The zero-order chi connectivity index (χ0) is 27.5. The summed E-state index contributed by atoms with van der Waals surface area (Å²) in [7, 11) is -3.97. The largest absolute Gasteiger partial charge is 0.573 e. The number of amides is 1.